The Morgan fingerprint density at radius 2 is 1.11 bits per heavy atom. The number of carbonyl (C=O) groups excluding carboxylic acids is 2. The minimum absolute atomic E-state index is 0.00415. The number of ether oxygens (including phenoxy) is 4. The Bertz CT molecular complexity index is 1160. The lowest BCUT2D eigenvalue weighted by Crippen LogP contribution is -2.35. The summed E-state index contributed by atoms with van der Waals surface area (Å²) in [5.41, 5.74) is 2.26. The summed E-state index contributed by atoms with van der Waals surface area (Å²) in [5, 5.41) is -2.10. The van der Waals surface area contributed by atoms with Crippen molar-refractivity contribution in [3.05, 3.63) is 59.7 Å². The smallest absolute Gasteiger partial charge is 0.327 e. The van der Waals surface area contributed by atoms with E-state index >= 15 is 0 Å². The Labute approximate surface area is 225 Å². The van der Waals surface area contributed by atoms with Gasteiger partial charge in [-0.2, -0.15) is 8.42 Å². The SMILES string of the molecule is CC(C)(C)c1ccc(OCCOC(=O)C[C@H](C(=O)OCCOc2ccc(C(C)(C)C)cc2)S(=O)(=O)O)cc1. The molecule has 10 heteroatoms. The molecule has 9 nitrogen and oxygen atoms in total. The summed E-state index contributed by atoms with van der Waals surface area (Å²) in [6.07, 6.45) is -0.896. The van der Waals surface area contributed by atoms with Crippen LogP contribution in [0.1, 0.15) is 59.1 Å². The van der Waals surface area contributed by atoms with Crippen molar-refractivity contribution in [2.24, 2.45) is 0 Å². The van der Waals surface area contributed by atoms with E-state index in [2.05, 4.69) is 41.5 Å². The van der Waals surface area contributed by atoms with Gasteiger partial charge in [0.1, 0.15) is 37.9 Å². The predicted octanol–water partition coefficient (Wildman–Crippen LogP) is 4.47. The van der Waals surface area contributed by atoms with Gasteiger partial charge in [0.25, 0.3) is 10.1 Å². The number of hydrogen-bond acceptors (Lipinski definition) is 8. The van der Waals surface area contributed by atoms with Crippen molar-refractivity contribution in [1.29, 1.82) is 0 Å². The van der Waals surface area contributed by atoms with E-state index in [0.717, 1.165) is 11.1 Å². The first-order valence-corrected chi connectivity index (χ1v) is 13.8. The van der Waals surface area contributed by atoms with Gasteiger partial charge in [0, 0.05) is 0 Å². The first-order chi connectivity index (χ1) is 17.6. The maximum absolute atomic E-state index is 12.3. The molecule has 2 aromatic carbocycles. The molecule has 0 aliphatic rings. The highest BCUT2D eigenvalue weighted by Crippen LogP contribution is 2.25. The number of hydrogen-bond donors (Lipinski definition) is 1. The van der Waals surface area contributed by atoms with E-state index in [1.54, 1.807) is 24.3 Å². The van der Waals surface area contributed by atoms with E-state index in [9.17, 15) is 22.6 Å². The molecule has 0 aliphatic heterocycles. The van der Waals surface area contributed by atoms with Crippen LogP contribution in [0.5, 0.6) is 11.5 Å². The molecule has 0 fully saturated rings. The molecule has 0 spiro atoms. The zero-order chi connectivity index (χ0) is 28.6. The monoisotopic (exact) mass is 550 g/mol. The van der Waals surface area contributed by atoms with Gasteiger partial charge in [0.15, 0.2) is 5.25 Å². The summed E-state index contributed by atoms with van der Waals surface area (Å²) >= 11 is 0. The molecule has 0 unspecified atom stereocenters. The van der Waals surface area contributed by atoms with Gasteiger partial charge in [-0.05, 0) is 46.2 Å². The zero-order valence-corrected chi connectivity index (χ0v) is 23.7. The molecule has 0 radical (unpaired) electrons. The number of esters is 2. The molecule has 0 heterocycles. The van der Waals surface area contributed by atoms with Crippen LogP contribution in [0.2, 0.25) is 0 Å². The fourth-order valence-corrected chi connectivity index (χ4v) is 3.99. The molecule has 2 rings (SSSR count). The molecule has 0 saturated heterocycles. The van der Waals surface area contributed by atoms with Crippen LogP contribution in [0.4, 0.5) is 0 Å². The van der Waals surface area contributed by atoms with Crippen LogP contribution in [0.15, 0.2) is 48.5 Å². The second-order valence-corrected chi connectivity index (χ2v) is 12.4. The van der Waals surface area contributed by atoms with E-state index in [0.29, 0.717) is 11.5 Å². The molecular formula is C28H38O9S. The van der Waals surface area contributed by atoms with Gasteiger partial charge in [-0.25, -0.2) is 0 Å². The van der Waals surface area contributed by atoms with Crippen LogP contribution in [0, 0.1) is 0 Å². The maximum Gasteiger partial charge on any atom is 0.327 e. The number of carbonyl (C=O) groups is 2. The average Bonchev–Trinajstić information content (AvgIpc) is 2.81. The molecule has 38 heavy (non-hydrogen) atoms. The maximum atomic E-state index is 12.3. The zero-order valence-electron chi connectivity index (χ0n) is 22.9. The van der Waals surface area contributed by atoms with E-state index in [4.69, 9.17) is 18.9 Å². The van der Waals surface area contributed by atoms with Crippen LogP contribution in [0.25, 0.3) is 0 Å². The van der Waals surface area contributed by atoms with Gasteiger partial charge in [0.2, 0.25) is 0 Å². The summed E-state index contributed by atoms with van der Waals surface area (Å²) < 4.78 is 53.7. The van der Waals surface area contributed by atoms with Gasteiger partial charge < -0.3 is 18.9 Å². The Balaban J connectivity index is 1.76. The van der Waals surface area contributed by atoms with Gasteiger partial charge in [-0.1, -0.05) is 65.8 Å². The van der Waals surface area contributed by atoms with Gasteiger partial charge in [-0.3, -0.25) is 14.1 Å². The molecule has 0 aromatic heterocycles. The van der Waals surface area contributed by atoms with Crippen molar-refractivity contribution >= 4 is 22.1 Å². The highest BCUT2D eigenvalue weighted by molar-refractivity contribution is 7.87. The predicted molar refractivity (Wildman–Crippen MR) is 143 cm³/mol. The minimum Gasteiger partial charge on any atom is -0.490 e. The first-order valence-electron chi connectivity index (χ1n) is 12.3. The normalized spacial score (nSPS) is 12.9. The van der Waals surface area contributed by atoms with Crippen LogP contribution < -0.4 is 9.47 Å². The molecule has 0 aliphatic carbocycles. The standard InChI is InChI=1S/C28H38O9S/c1-27(2,3)20-7-11-22(12-8-20)34-15-17-36-25(29)19-24(38(31,32)33)26(30)37-18-16-35-23-13-9-21(10-14-23)28(4,5)6/h7-14,24H,15-19H2,1-6H3,(H,31,32,33)/t24-/m1/s1. The number of benzene rings is 2. The van der Waals surface area contributed by atoms with Crippen molar-refractivity contribution < 1.29 is 41.5 Å². The second-order valence-electron chi connectivity index (χ2n) is 10.8. The fourth-order valence-electron chi connectivity index (χ4n) is 3.33. The lowest BCUT2D eigenvalue weighted by atomic mass is 9.87. The van der Waals surface area contributed by atoms with Crippen LogP contribution >= 0.6 is 0 Å². The quantitative estimate of drug-likeness (QED) is 0.231. The largest absolute Gasteiger partial charge is 0.490 e. The van der Waals surface area contributed by atoms with Crippen molar-refractivity contribution in [3.8, 4) is 11.5 Å². The Hall–Kier alpha value is -3.11. The molecule has 1 atom stereocenters. The van der Waals surface area contributed by atoms with Gasteiger partial charge in [-0.15, -0.1) is 0 Å². The lowest BCUT2D eigenvalue weighted by molar-refractivity contribution is -0.150. The van der Waals surface area contributed by atoms with E-state index in [1.165, 1.54) is 0 Å². The van der Waals surface area contributed by atoms with E-state index in [-0.39, 0.29) is 37.3 Å². The Morgan fingerprint density at radius 1 is 0.711 bits per heavy atom. The molecule has 1 N–H and O–H groups in total. The molecular weight excluding hydrogens is 512 g/mol. The Kier molecular flexibility index (Phi) is 10.7. The molecule has 0 bridgehead atoms. The average molecular weight is 551 g/mol. The molecule has 210 valence electrons. The number of rotatable bonds is 12. The third-order valence-corrected chi connectivity index (χ3v) is 6.70. The van der Waals surface area contributed by atoms with Crippen LogP contribution in [0.3, 0.4) is 0 Å². The van der Waals surface area contributed by atoms with E-state index in [1.807, 2.05) is 24.3 Å². The third kappa shape index (κ3) is 10.3. The van der Waals surface area contributed by atoms with Crippen molar-refractivity contribution in [1.82, 2.24) is 0 Å². The van der Waals surface area contributed by atoms with Crippen molar-refractivity contribution in [2.45, 2.75) is 64.0 Å². The second kappa shape index (κ2) is 13.1. The fraction of sp³-hybridized carbons (Fsp3) is 0.500. The topological polar surface area (TPSA) is 125 Å². The third-order valence-electron chi connectivity index (χ3n) is 5.63. The summed E-state index contributed by atoms with van der Waals surface area (Å²) in [6.45, 7) is 12.1. The Morgan fingerprint density at radius 3 is 1.47 bits per heavy atom. The summed E-state index contributed by atoms with van der Waals surface area (Å²) in [4.78, 5) is 24.4. The highest BCUT2D eigenvalue weighted by Gasteiger charge is 2.35. The van der Waals surface area contributed by atoms with Crippen LogP contribution in [-0.2, 0) is 40.0 Å². The van der Waals surface area contributed by atoms with Crippen LogP contribution in [-0.4, -0.2) is 56.6 Å². The molecule has 2 aromatic rings. The van der Waals surface area contributed by atoms with Crippen molar-refractivity contribution in [2.75, 3.05) is 26.4 Å². The lowest BCUT2D eigenvalue weighted by Gasteiger charge is -2.19. The van der Waals surface area contributed by atoms with Gasteiger partial charge in [0.05, 0.1) is 6.42 Å². The minimum atomic E-state index is -4.90. The van der Waals surface area contributed by atoms with Gasteiger partial charge >= 0.3 is 11.9 Å². The molecule has 0 saturated carbocycles. The van der Waals surface area contributed by atoms with E-state index < -0.39 is 33.7 Å². The summed E-state index contributed by atoms with van der Waals surface area (Å²) in [5.74, 6) is -1.13. The summed E-state index contributed by atoms with van der Waals surface area (Å²) in [7, 11) is -4.90. The first kappa shape index (κ1) is 31.1. The highest BCUT2D eigenvalue weighted by atomic mass is 32.2. The summed E-state index contributed by atoms with van der Waals surface area (Å²) in [6, 6.07) is 14.9. The molecule has 0 amide bonds. The van der Waals surface area contributed by atoms with Crippen molar-refractivity contribution in [3.63, 3.8) is 0 Å².